The van der Waals surface area contributed by atoms with Gasteiger partial charge in [-0.15, -0.1) is 0 Å². The quantitative estimate of drug-likeness (QED) is 0.407. The van der Waals surface area contributed by atoms with Crippen molar-refractivity contribution in [2.24, 2.45) is 0 Å². The Morgan fingerprint density at radius 3 is 1.56 bits per heavy atom. The molecule has 0 fully saturated rings. The molecule has 0 unspecified atom stereocenters. The van der Waals surface area contributed by atoms with Crippen LogP contribution in [0.1, 0.15) is 0 Å². The molecule has 0 aliphatic carbocycles. The zero-order valence-electron chi connectivity index (χ0n) is 4.59. The van der Waals surface area contributed by atoms with Crippen molar-refractivity contribution in [1.29, 1.82) is 0 Å². The molecule has 0 aliphatic heterocycles. The second-order valence-electron chi connectivity index (χ2n) is 1.34. The van der Waals surface area contributed by atoms with Gasteiger partial charge in [0.15, 0.2) is 0 Å². The van der Waals surface area contributed by atoms with Crippen LogP contribution in [-0.2, 0) is 0 Å². The molecule has 9 heavy (non-hydrogen) atoms. The van der Waals surface area contributed by atoms with E-state index in [1.54, 1.807) is 0 Å². The van der Waals surface area contributed by atoms with Crippen LogP contribution >= 0.6 is 0 Å². The second-order valence-corrected chi connectivity index (χ2v) is 3.34. The predicted molar refractivity (Wildman–Crippen MR) is 31.8 cm³/mol. The Labute approximate surface area is 82.7 Å². The molecule has 2 radical (unpaired) electrons. The number of benzene rings is 1. The summed E-state index contributed by atoms with van der Waals surface area (Å²) in [5.41, 5.74) is 0. The maximum Gasteiger partial charge on any atom is -1.00 e. The minimum atomic E-state index is 0. The standard InChI is InChI=1S/C6H5.Bi.2ClH/c1-2-4-6-5-3-1;;;/h1-5H;;2*1H/q;+2;;/p-2. The molecule has 1 aromatic rings. The van der Waals surface area contributed by atoms with Crippen molar-refractivity contribution in [1.82, 2.24) is 0 Å². The average Bonchev–Trinajstić information content (AvgIpc) is 1.69. The van der Waals surface area contributed by atoms with Gasteiger partial charge in [0.25, 0.3) is 0 Å². The van der Waals surface area contributed by atoms with Gasteiger partial charge in [-0.05, 0) is 0 Å². The van der Waals surface area contributed by atoms with Crippen molar-refractivity contribution in [3.63, 3.8) is 0 Å². The van der Waals surface area contributed by atoms with E-state index in [2.05, 4.69) is 24.3 Å². The average molecular weight is 357 g/mol. The molecule has 1 rings (SSSR count). The van der Waals surface area contributed by atoms with Crippen molar-refractivity contribution in [2.45, 2.75) is 0 Å². The molecule has 0 nitrogen and oxygen atoms in total. The van der Waals surface area contributed by atoms with Crippen LogP contribution in [0.2, 0.25) is 0 Å². The Morgan fingerprint density at radius 2 is 1.33 bits per heavy atom. The smallest absolute Gasteiger partial charge is 1.00 e. The van der Waals surface area contributed by atoms with Gasteiger partial charge >= 0.3 is 58.3 Å². The zero-order valence-corrected chi connectivity index (χ0v) is 9.58. The summed E-state index contributed by atoms with van der Waals surface area (Å²) in [5.74, 6) is 0. The third-order valence-corrected chi connectivity index (χ3v) is 1.92. The first kappa shape index (κ1) is 12.4. The fraction of sp³-hybridized carbons (Fsp3) is 0. The predicted octanol–water partition coefficient (Wildman–Crippen LogP) is -5.51. The van der Waals surface area contributed by atoms with Crippen LogP contribution in [0.15, 0.2) is 30.3 Å². The van der Waals surface area contributed by atoms with Gasteiger partial charge in [-0.25, -0.2) is 0 Å². The molecule has 0 bridgehead atoms. The third kappa shape index (κ3) is 5.14. The molecule has 0 aromatic heterocycles. The van der Waals surface area contributed by atoms with Gasteiger partial charge in [0.1, 0.15) is 0 Å². The van der Waals surface area contributed by atoms with E-state index >= 15 is 0 Å². The minimum absolute atomic E-state index is 0. The van der Waals surface area contributed by atoms with Gasteiger partial charge < -0.3 is 24.8 Å². The van der Waals surface area contributed by atoms with Gasteiger partial charge in [-0.1, -0.05) is 0 Å². The monoisotopic (exact) mass is 356 g/mol. The fourth-order valence-electron chi connectivity index (χ4n) is 0.428. The zero-order chi connectivity index (χ0) is 5.11. The molecule has 3 heteroatoms. The van der Waals surface area contributed by atoms with E-state index in [4.69, 9.17) is 0 Å². The van der Waals surface area contributed by atoms with Gasteiger partial charge in [-0.3, -0.25) is 0 Å². The molecular formula is C6H5BiCl2. The molecule has 0 atom stereocenters. The van der Waals surface area contributed by atoms with E-state index < -0.39 is 0 Å². The SMILES string of the molecule is [Bi+2][c]1ccccc1.[Cl-].[Cl-]. The van der Waals surface area contributed by atoms with E-state index in [1.807, 2.05) is 6.07 Å². The van der Waals surface area contributed by atoms with Crippen molar-refractivity contribution in [3.8, 4) is 0 Å². The molecule has 0 aliphatic rings. The topological polar surface area (TPSA) is 0 Å². The largest absolute Gasteiger partial charge is 1.00 e. The van der Waals surface area contributed by atoms with Gasteiger partial charge in [0, 0.05) is 0 Å². The van der Waals surface area contributed by atoms with Crippen LogP contribution in [-0.4, -0.2) is 24.7 Å². The summed E-state index contributed by atoms with van der Waals surface area (Å²) in [6.45, 7) is 0. The molecule has 0 saturated carbocycles. The summed E-state index contributed by atoms with van der Waals surface area (Å²) in [7, 11) is 0. The van der Waals surface area contributed by atoms with Crippen molar-refractivity contribution >= 4 is 28.0 Å². The molecule has 0 saturated heterocycles. The van der Waals surface area contributed by atoms with Gasteiger partial charge in [0.05, 0.1) is 0 Å². The number of hydrogen-bond acceptors (Lipinski definition) is 0. The Bertz CT molecular complexity index is 141. The Hall–Kier alpha value is 0.683. The second kappa shape index (κ2) is 6.80. The summed E-state index contributed by atoms with van der Waals surface area (Å²) in [6.07, 6.45) is 0. The number of hydrogen-bond donors (Lipinski definition) is 0. The summed E-state index contributed by atoms with van der Waals surface area (Å²) in [5, 5.41) is 0. The first-order chi connectivity index (χ1) is 3.39. The first-order valence-electron chi connectivity index (χ1n) is 2.13. The van der Waals surface area contributed by atoms with E-state index in [1.165, 1.54) is 28.0 Å². The molecule has 0 heterocycles. The molecular weight excluding hydrogens is 352 g/mol. The molecule has 0 amide bonds. The van der Waals surface area contributed by atoms with E-state index in [-0.39, 0.29) is 24.8 Å². The normalized spacial score (nSPS) is 6.67. The van der Waals surface area contributed by atoms with Crippen LogP contribution in [0.3, 0.4) is 0 Å². The molecule has 0 spiro atoms. The molecule has 1 aromatic carbocycles. The Morgan fingerprint density at radius 1 is 0.889 bits per heavy atom. The minimum Gasteiger partial charge on any atom is -1.00 e. The first-order valence-corrected chi connectivity index (χ1v) is 3.87. The van der Waals surface area contributed by atoms with E-state index in [0.29, 0.717) is 0 Å². The Kier molecular flexibility index (Phi) is 9.34. The van der Waals surface area contributed by atoms with Gasteiger partial charge in [-0.2, -0.15) is 0 Å². The van der Waals surface area contributed by atoms with Crippen molar-refractivity contribution in [2.75, 3.05) is 0 Å². The molecule has 0 N–H and O–H groups in total. The van der Waals surface area contributed by atoms with Crippen molar-refractivity contribution < 1.29 is 24.8 Å². The maximum absolute atomic E-state index is 2.13. The summed E-state index contributed by atoms with van der Waals surface area (Å²) < 4.78 is 1.43. The van der Waals surface area contributed by atoms with Crippen LogP contribution in [0.25, 0.3) is 0 Å². The van der Waals surface area contributed by atoms with Gasteiger partial charge in [0.2, 0.25) is 0 Å². The third-order valence-electron chi connectivity index (χ3n) is 0.756. The van der Waals surface area contributed by atoms with Crippen LogP contribution < -0.4 is 28.1 Å². The van der Waals surface area contributed by atoms with Crippen LogP contribution in [0.4, 0.5) is 0 Å². The molecule has 48 valence electrons. The maximum atomic E-state index is 2.13. The van der Waals surface area contributed by atoms with E-state index in [9.17, 15) is 0 Å². The van der Waals surface area contributed by atoms with Crippen LogP contribution in [0.5, 0.6) is 0 Å². The Balaban J connectivity index is 0. The number of halogens is 2. The summed E-state index contributed by atoms with van der Waals surface area (Å²) in [4.78, 5) is 0. The summed E-state index contributed by atoms with van der Waals surface area (Å²) >= 11 is 1.36. The number of rotatable bonds is 0. The van der Waals surface area contributed by atoms with Crippen molar-refractivity contribution in [3.05, 3.63) is 30.3 Å². The van der Waals surface area contributed by atoms with Crippen LogP contribution in [0, 0.1) is 0 Å². The fourth-order valence-corrected chi connectivity index (χ4v) is 1.10. The van der Waals surface area contributed by atoms with E-state index in [0.717, 1.165) is 0 Å². The summed E-state index contributed by atoms with van der Waals surface area (Å²) in [6, 6.07) is 10.4.